The van der Waals surface area contributed by atoms with Crippen LogP contribution in [0.1, 0.15) is 34.8 Å². The molecular formula is C17H23N3O2. The number of benzene rings is 1. The van der Waals surface area contributed by atoms with E-state index in [4.69, 9.17) is 0 Å². The molecule has 1 atom stereocenters. The Morgan fingerprint density at radius 3 is 2.82 bits per heavy atom. The molecule has 2 aliphatic heterocycles. The first-order valence-corrected chi connectivity index (χ1v) is 7.90. The molecule has 22 heavy (non-hydrogen) atoms. The van der Waals surface area contributed by atoms with Crippen LogP contribution in [0, 0.1) is 0 Å². The minimum atomic E-state index is 0.0373. The van der Waals surface area contributed by atoms with E-state index in [0.29, 0.717) is 26.1 Å². The van der Waals surface area contributed by atoms with E-state index in [0.717, 1.165) is 24.1 Å². The molecule has 3 rings (SSSR count). The first-order valence-electron chi connectivity index (χ1n) is 7.90. The van der Waals surface area contributed by atoms with Gasteiger partial charge in [-0.1, -0.05) is 18.2 Å². The highest BCUT2D eigenvalue weighted by Crippen LogP contribution is 2.35. The van der Waals surface area contributed by atoms with Crippen molar-refractivity contribution in [1.29, 1.82) is 0 Å². The van der Waals surface area contributed by atoms with E-state index in [2.05, 4.69) is 4.90 Å². The molecule has 0 saturated carbocycles. The molecule has 1 saturated heterocycles. The number of nitrogens with zero attached hydrogens (tertiary/aromatic N) is 3. The fourth-order valence-electron chi connectivity index (χ4n) is 3.36. The van der Waals surface area contributed by atoms with Crippen molar-refractivity contribution in [2.45, 2.75) is 18.9 Å². The molecular weight excluding hydrogens is 278 g/mol. The zero-order valence-corrected chi connectivity index (χ0v) is 13.3. The summed E-state index contributed by atoms with van der Waals surface area (Å²) in [5, 5.41) is 0. The lowest BCUT2D eigenvalue weighted by Gasteiger charge is -2.38. The average Bonchev–Trinajstić information content (AvgIpc) is 2.80. The molecule has 1 aromatic rings. The van der Waals surface area contributed by atoms with Gasteiger partial charge in [-0.2, -0.15) is 0 Å². The SMILES string of the molecule is CN(C)CCCC(=O)N1CCN2C(=O)c3ccccc3C2C1. The standard InChI is InChI=1S/C17H23N3O2/c1-18(2)9-5-8-16(21)19-10-11-20-15(12-19)13-6-3-4-7-14(13)17(20)22/h3-4,6-7,15H,5,8-12H2,1-2H3. The van der Waals surface area contributed by atoms with Crippen LogP contribution < -0.4 is 0 Å². The van der Waals surface area contributed by atoms with Crippen molar-refractivity contribution in [1.82, 2.24) is 14.7 Å². The molecule has 1 fully saturated rings. The third-order valence-corrected chi connectivity index (χ3v) is 4.54. The molecule has 5 nitrogen and oxygen atoms in total. The predicted molar refractivity (Wildman–Crippen MR) is 84.6 cm³/mol. The lowest BCUT2D eigenvalue weighted by molar-refractivity contribution is -0.133. The second-order valence-corrected chi connectivity index (χ2v) is 6.35. The summed E-state index contributed by atoms with van der Waals surface area (Å²) >= 11 is 0. The minimum absolute atomic E-state index is 0.0373. The van der Waals surface area contributed by atoms with Gasteiger partial charge in [-0.05, 0) is 38.7 Å². The lowest BCUT2D eigenvalue weighted by Crippen LogP contribution is -2.49. The third kappa shape index (κ3) is 2.73. The molecule has 2 amide bonds. The van der Waals surface area contributed by atoms with Crippen molar-refractivity contribution in [3.05, 3.63) is 35.4 Å². The van der Waals surface area contributed by atoms with Crippen molar-refractivity contribution in [2.24, 2.45) is 0 Å². The molecule has 5 heteroatoms. The van der Waals surface area contributed by atoms with E-state index in [1.165, 1.54) is 0 Å². The van der Waals surface area contributed by atoms with Crippen molar-refractivity contribution in [3.8, 4) is 0 Å². The first kappa shape index (κ1) is 15.0. The van der Waals surface area contributed by atoms with Crippen LogP contribution in [0.5, 0.6) is 0 Å². The van der Waals surface area contributed by atoms with Gasteiger partial charge in [-0.3, -0.25) is 9.59 Å². The Morgan fingerprint density at radius 2 is 2.05 bits per heavy atom. The molecule has 0 aliphatic carbocycles. The predicted octanol–water partition coefficient (Wildman–Crippen LogP) is 1.37. The summed E-state index contributed by atoms with van der Waals surface area (Å²) in [4.78, 5) is 30.7. The maximum Gasteiger partial charge on any atom is 0.254 e. The number of piperazine rings is 1. The smallest absolute Gasteiger partial charge is 0.254 e. The maximum atomic E-state index is 12.4. The van der Waals surface area contributed by atoms with Gasteiger partial charge in [0.2, 0.25) is 5.91 Å². The lowest BCUT2D eigenvalue weighted by atomic mass is 10.0. The summed E-state index contributed by atoms with van der Waals surface area (Å²) < 4.78 is 0. The van der Waals surface area contributed by atoms with Crippen molar-refractivity contribution < 1.29 is 9.59 Å². The van der Waals surface area contributed by atoms with E-state index in [9.17, 15) is 9.59 Å². The molecule has 118 valence electrons. The van der Waals surface area contributed by atoms with Crippen LogP contribution in [-0.2, 0) is 4.79 Å². The van der Waals surface area contributed by atoms with Gasteiger partial charge in [0, 0.05) is 31.6 Å². The van der Waals surface area contributed by atoms with Gasteiger partial charge in [0.15, 0.2) is 0 Å². The third-order valence-electron chi connectivity index (χ3n) is 4.54. The fraction of sp³-hybridized carbons (Fsp3) is 0.529. The minimum Gasteiger partial charge on any atom is -0.339 e. The maximum absolute atomic E-state index is 12.4. The Hall–Kier alpha value is -1.88. The highest BCUT2D eigenvalue weighted by Gasteiger charge is 2.40. The van der Waals surface area contributed by atoms with Crippen LogP contribution in [0.25, 0.3) is 0 Å². The van der Waals surface area contributed by atoms with Crippen LogP contribution in [0.3, 0.4) is 0 Å². The molecule has 0 N–H and O–H groups in total. The monoisotopic (exact) mass is 301 g/mol. The van der Waals surface area contributed by atoms with Crippen molar-refractivity contribution >= 4 is 11.8 Å². The summed E-state index contributed by atoms with van der Waals surface area (Å²) in [6, 6.07) is 7.81. The van der Waals surface area contributed by atoms with Gasteiger partial charge < -0.3 is 14.7 Å². The molecule has 0 spiro atoms. The summed E-state index contributed by atoms with van der Waals surface area (Å²) in [7, 11) is 4.04. The zero-order chi connectivity index (χ0) is 15.7. The van der Waals surface area contributed by atoms with Gasteiger partial charge in [0.1, 0.15) is 0 Å². The quantitative estimate of drug-likeness (QED) is 0.843. The van der Waals surface area contributed by atoms with Crippen LogP contribution >= 0.6 is 0 Å². The average molecular weight is 301 g/mol. The summed E-state index contributed by atoms with van der Waals surface area (Å²) in [5.74, 6) is 0.318. The number of amides is 2. The second kappa shape index (κ2) is 6.08. The Labute approximate surface area is 131 Å². The van der Waals surface area contributed by atoms with Crippen molar-refractivity contribution in [3.63, 3.8) is 0 Å². The Bertz CT molecular complexity index is 585. The summed E-state index contributed by atoms with van der Waals surface area (Å²) in [6.07, 6.45) is 1.47. The molecule has 1 aromatic carbocycles. The van der Waals surface area contributed by atoms with Crippen LogP contribution in [0.4, 0.5) is 0 Å². The number of fused-ring (bicyclic) bond motifs is 3. The molecule has 0 bridgehead atoms. The first-order chi connectivity index (χ1) is 10.6. The molecule has 0 radical (unpaired) electrons. The fourth-order valence-corrected chi connectivity index (χ4v) is 3.36. The number of carbonyl (C=O) groups is 2. The van der Waals surface area contributed by atoms with E-state index >= 15 is 0 Å². The van der Waals surface area contributed by atoms with Gasteiger partial charge in [0.25, 0.3) is 5.91 Å². The largest absolute Gasteiger partial charge is 0.339 e. The number of rotatable bonds is 4. The van der Waals surface area contributed by atoms with Gasteiger partial charge in [-0.25, -0.2) is 0 Å². The van der Waals surface area contributed by atoms with Crippen molar-refractivity contribution in [2.75, 3.05) is 40.3 Å². The van der Waals surface area contributed by atoms with Crippen LogP contribution in [0.15, 0.2) is 24.3 Å². The topological polar surface area (TPSA) is 43.9 Å². The molecule has 2 heterocycles. The second-order valence-electron chi connectivity index (χ2n) is 6.35. The van der Waals surface area contributed by atoms with E-state index in [1.54, 1.807) is 0 Å². The highest BCUT2D eigenvalue weighted by atomic mass is 16.2. The van der Waals surface area contributed by atoms with Crippen LogP contribution in [-0.4, -0.2) is 66.8 Å². The zero-order valence-electron chi connectivity index (χ0n) is 13.3. The summed E-state index contributed by atoms with van der Waals surface area (Å²) in [5.41, 5.74) is 1.87. The van der Waals surface area contributed by atoms with E-state index in [1.807, 2.05) is 48.2 Å². The van der Waals surface area contributed by atoms with Crippen LogP contribution in [0.2, 0.25) is 0 Å². The van der Waals surface area contributed by atoms with E-state index in [-0.39, 0.29) is 17.9 Å². The van der Waals surface area contributed by atoms with Gasteiger partial charge in [-0.15, -0.1) is 0 Å². The Kier molecular flexibility index (Phi) is 4.16. The number of carbonyl (C=O) groups excluding carboxylic acids is 2. The Balaban J connectivity index is 1.66. The molecule has 2 aliphatic rings. The molecule has 1 unspecified atom stereocenters. The number of hydrogen-bond donors (Lipinski definition) is 0. The molecule has 0 aromatic heterocycles. The highest BCUT2D eigenvalue weighted by molar-refractivity contribution is 5.99. The number of hydrogen-bond acceptors (Lipinski definition) is 3. The summed E-state index contributed by atoms with van der Waals surface area (Å²) in [6.45, 7) is 2.84. The van der Waals surface area contributed by atoms with Gasteiger partial charge >= 0.3 is 0 Å². The van der Waals surface area contributed by atoms with E-state index < -0.39 is 0 Å². The normalized spacial score (nSPS) is 20.3. The van der Waals surface area contributed by atoms with Gasteiger partial charge in [0.05, 0.1) is 6.04 Å². The Morgan fingerprint density at radius 1 is 1.27 bits per heavy atom.